The predicted octanol–water partition coefficient (Wildman–Crippen LogP) is 2.36. The molecule has 13 heteroatoms. The lowest BCUT2D eigenvalue weighted by molar-refractivity contribution is -0.169. The van der Waals surface area contributed by atoms with Crippen LogP contribution in [0.1, 0.15) is 24.8 Å². The minimum absolute atomic E-state index is 0.0542. The Bertz CT molecular complexity index is 831. The lowest BCUT2D eigenvalue weighted by Gasteiger charge is -2.22. The fourth-order valence-corrected chi connectivity index (χ4v) is 4.37. The molecule has 1 atom stereocenters. The van der Waals surface area contributed by atoms with Crippen LogP contribution in [-0.2, 0) is 56.9 Å². The third-order valence-corrected chi connectivity index (χ3v) is 7.00. The molecular weight excluding hydrogens is 560 g/mol. The smallest absolute Gasteiger partial charge is 0.297 e. The van der Waals surface area contributed by atoms with Gasteiger partial charge >= 0.3 is 0 Å². The topological polar surface area (TPSA) is 126 Å². The van der Waals surface area contributed by atoms with Gasteiger partial charge in [0.05, 0.1) is 111 Å². The summed E-state index contributed by atoms with van der Waals surface area (Å²) in [5.41, 5.74) is 0.978. The minimum Gasteiger partial charge on any atom is -0.377 e. The summed E-state index contributed by atoms with van der Waals surface area (Å²) in [6.45, 7) is 9.40. The van der Waals surface area contributed by atoms with Crippen LogP contribution in [0.15, 0.2) is 29.2 Å². The molecule has 1 heterocycles. The maximum atomic E-state index is 12.1. The molecule has 0 aromatic heterocycles. The second-order valence-electron chi connectivity index (χ2n) is 9.04. The first-order chi connectivity index (χ1) is 20.1. The van der Waals surface area contributed by atoms with Crippen LogP contribution in [-0.4, -0.2) is 127 Å². The molecule has 1 aliphatic rings. The van der Waals surface area contributed by atoms with Gasteiger partial charge in [-0.3, -0.25) is 4.18 Å². The van der Waals surface area contributed by atoms with Gasteiger partial charge < -0.3 is 42.6 Å². The highest BCUT2D eigenvalue weighted by Gasteiger charge is 2.14. The fraction of sp³-hybridized carbons (Fsp3) is 0.786. The fourth-order valence-electron chi connectivity index (χ4n) is 3.48. The van der Waals surface area contributed by atoms with Crippen molar-refractivity contribution < 1.29 is 55.2 Å². The molecule has 0 amide bonds. The molecule has 1 unspecified atom stereocenters. The van der Waals surface area contributed by atoms with Crippen molar-refractivity contribution in [3.63, 3.8) is 0 Å². The monoisotopic (exact) mass is 608 g/mol. The summed E-state index contributed by atoms with van der Waals surface area (Å²) in [5.74, 6) is 0. The zero-order valence-electron chi connectivity index (χ0n) is 24.3. The van der Waals surface area contributed by atoms with Gasteiger partial charge in [0.2, 0.25) is 0 Å². The van der Waals surface area contributed by atoms with E-state index in [-0.39, 0.29) is 24.4 Å². The molecule has 0 saturated carbocycles. The van der Waals surface area contributed by atoms with E-state index in [1.54, 1.807) is 12.1 Å². The Hall–Kier alpha value is -1.23. The minimum atomic E-state index is -3.77. The third kappa shape index (κ3) is 19.6. The van der Waals surface area contributed by atoms with Crippen LogP contribution < -0.4 is 0 Å². The van der Waals surface area contributed by atoms with Crippen molar-refractivity contribution in [2.75, 3.05) is 112 Å². The van der Waals surface area contributed by atoms with Gasteiger partial charge in [-0.15, -0.1) is 0 Å². The van der Waals surface area contributed by atoms with Crippen molar-refractivity contribution >= 4 is 10.1 Å². The summed E-state index contributed by atoms with van der Waals surface area (Å²) >= 11 is 0. The quantitative estimate of drug-likeness (QED) is 0.107. The van der Waals surface area contributed by atoms with Crippen molar-refractivity contribution in [3.8, 4) is 0 Å². The molecular formula is C28H48O12S. The molecule has 0 radical (unpaired) electrons. The summed E-state index contributed by atoms with van der Waals surface area (Å²) in [5, 5.41) is 0. The van der Waals surface area contributed by atoms with E-state index in [1.807, 2.05) is 6.92 Å². The number of ether oxygens (including phenoxy) is 9. The van der Waals surface area contributed by atoms with Crippen LogP contribution >= 0.6 is 0 Å². The predicted molar refractivity (Wildman–Crippen MR) is 150 cm³/mol. The van der Waals surface area contributed by atoms with E-state index in [4.69, 9.17) is 46.8 Å². The van der Waals surface area contributed by atoms with Gasteiger partial charge in [-0.05, 0) is 38.3 Å². The van der Waals surface area contributed by atoms with Gasteiger partial charge in [-0.25, -0.2) is 0 Å². The molecule has 1 aromatic rings. The van der Waals surface area contributed by atoms with E-state index >= 15 is 0 Å². The molecule has 1 saturated heterocycles. The van der Waals surface area contributed by atoms with Crippen molar-refractivity contribution in [1.29, 1.82) is 0 Å². The van der Waals surface area contributed by atoms with Crippen LogP contribution in [0.5, 0.6) is 0 Å². The number of rotatable bonds is 27. The van der Waals surface area contributed by atoms with E-state index in [0.29, 0.717) is 92.5 Å². The Balaban J connectivity index is 1.21. The Morgan fingerprint density at radius 3 is 1.44 bits per heavy atom. The molecule has 1 aromatic carbocycles. The molecule has 0 aliphatic carbocycles. The highest BCUT2D eigenvalue weighted by molar-refractivity contribution is 7.86. The highest BCUT2D eigenvalue weighted by Crippen LogP contribution is 2.14. The van der Waals surface area contributed by atoms with Crippen molar-refractivity contribution in [1.82, 2.24) is 0 Å². The Labute approximate surface area is 244 Å². The molecule has 0 N–H and O–H groups in total. The normalized spacial score (nSPS) is 15.9. The molecule has 2 rings (SSSR count). The number of hydrogen-bond acceptors (Lipinski definition) is 12. The molecule has 12 nitrogen and oxygen atoms in total. The van der Waals surface area contributed by atoms with Gasteiger partial charge in [0, 0.05) is 6.61 Å². The molecule has 41 heavy (non-hydrogen) atoms. The van der Waals surface area contributed by atoms with Gasteiger partial charge in [0.1, 0.15) is 0 Å². The first-order valence-corrected chi connectivity index (χ1v) is 15.7. The number of hydrogen-bond donors (Lipinski definition) is 0. The average Bonchev–Trinajstić information content (AvgIpc) is 2.98. The largest absolute Gasteiger partial charge is 0.377 e. The second-order valence-corrected chi connectivity index (χ2v) is 10.7. The maximum Gasteiger partial charge on any atom is 0.297 e. The van der Waals surface area contributed by atoms with Crippen molar-refractivity contribution in [3.05, 3.63) is 29.8 Å². The Morgan fingerprint density at radius 2 is 1.02 bits per heavy atom. The van der Waals surface area contributed by atoms with Crippen LogP contribution in [0.2, 0.25) is 0 Å². The van der Waals surface area contributed by atoms with E-state index < -0.39 is 10.1 Å². The van der Waals surface area contributed by atoms with E-state index in [1.165, 1.54) is 12.1 Å². The summed E-state index contributed by atoms with van der Waals surface area (Å²) < 4.78 is 78.2. The Morgan fingerprint density at radius 1 is 0.610 bits per heavy atom. The van der Waals surface area contributed by atoms with Crippen molar-refractivity contribution in [2.24, 2.45) is 0 Å². The van der Waals surface area contributed by atoms with Crippen LogP contribution in [0, 0.1) is 6.92 Å². The second kappa shape index (κ2) is 24.2. The molecule has 1 aliphatic heterocycles. The van der Waals surface area contributed by atoms with Gasteiger partial charge in [-0.1, -0.05) is 17.7 Å². The van der Waals surface area contributed by atoms with Crippen LogP contribution in [0.4, 0.5) is 0 Å². The summed E-state index contributed by atoms with van der Waals surface area (Å²) in [4.78, 5) is 0.131. The van der Waals surface area contributed by atoms with Gasteiger partial charge in [0.25, 0.3) is 10.1 Å². The zero-order chi connectivity index (χ0) is 29.3. The molecule has 238 valence electrons. The van der Waals surface area contributed by atoms with E-state index in [2.05, 4.69) is 0 Å². The lowest BCUT2D eigenvalue weighted by atomic mass is 10.2. The standard InChI is InChI=1S/C28H48O12S/c1-26-5-7-27(8-6-26)41(29,30)40-25-23-37-21-19-35-17-15-33-13-11-31-10-12-32-14-16-34-18-20-36-22-24-39-28-4-2-3-9-38-28/h5-8,28H,2-4,9-25H2,1H3. The van der Waals surface area contributed by atoms with E-state index in [0.717, 1.165) is 31.4 Å². The first-order valence-electron chi connectivity index (χ1n) is 14.3. The molecule has 0 bridgehead atoms. The van der Waals surface area contributed by atoms with E-state index in [9.17, 15) is 8.42 Å². The van der Waals surface area contributed by atoms with Gasteiger partial charge in [-0.2, -0.15) is 8.42 Å². The molecule has 1 fully saturated rings. The highest BCUT2D eigenvalue weighted by atomic mass is 32.2. The molecule has 0 spiro atoms. The first kappa shape index (κ1) is 36.0. The van der Waals surface area contributed by atoms with Crippen molar-refractivity contribution in [2.45, 2.75) is 37.4 Å². The zero-order valence-corrected chi connectivity index (χ0v) is 25.2. The maximum absolute atomic E-state index is 12.1. The summed E-state index contributed by atoms with van der Waals surface area (Å²) in [6.07, 6.45) is 3.16. The number of benzene rings is 1. The SMILES string of the molecule is Cc1ccc(S(=O)(=O)OCCOCCOCCOCCOCCOCCOCCOCCOC2CCCCO2)cc1. The van der Waals surface area contributed by atoms with Crippen LogP contribution in [0.25, 0.3) is 0 Å². The van der Waals surface area contributed by atoms with Crippen LogP contribution in [0.3, 0.4) is 0 Å². The average molecular weight is 609 g/mol. The lowest BCUT2D eigenvalue weighted by Crippen LogP contribution is -2.24. The summed E-state index contributed by atoms with van der Waals surface area (Å²) in [7, 11) is -3.77. The third-order valence-electron chi connectivity index (χ3n) is 5.68. The number of aryl methyl sites for hydroxylation is 1. The Kier molecular flexibility index (Phi) is 21.3. The van der Waals surface area contributed by atoms with Gasteiger partial charge in [0.15, 0.2) is 6.29 Å². The summed E-state index contributed by atoms with van der Waals surface area (Å²) in [6, 6.07) is 6.49.